The van der Waals surface area contributed by atoms with Crippen LogP contribution >= 0.6 is 0 Å². The van der Waals surface area contributed by atoms with E-state index in [1.807, 2.05) is 19.4 Å². The largest absolute Gasteiger partial charge is 0.387 e. The summed E-state index contributed by atoms with van der Waals surface area (Å²) in [5, 5.41) is 3.15. The van der Waals surface area contributed by atoms with Gasteiger partial charge in [0.1, 0.15) is 0 Å². The van der Waals surface area contributed by atoms with Crippen LogP contribution in [0.15, 0.2) is 18.5 Å². The first kappa shape index (κ1) is 9.01. The third kappa shape index (κ3) is 1.46. The number of nitrogens with zero attached hydrogens (tertiary/aromatic N) is 2. The zero-order valence-corrected chi connectivity index (χ0v) is 9.11. The highest BCUT2D eigenvalue weighted by atomic mass is 15.2. The summed E-state index contributed by atoms with van der Waals surface area (Å²) in [7, 11) is 1.94. The smallest absolute Gasteiger partial charge is 0.0576 e. The molecule has 0 spiro atoms. The Morgan fingerprint density at radius 3 is 3.00 bits per heavy atom. The summed E-state index contributed by atoms with van der Waals surface area (Å²) in [6.07, 6.45) is 8.05. The van der Waals surface area contributed by atoms with Gasteiger partial charge in [-0.1, -0.05) is 0 Å². The summed E-state index contributed by atoms with van der Waals surface area (Å²) in [6.45, 7) is 1.24. The van der Waals surface area contributed by atoms with Gasteiger partial charge in [-0.15, -0.1) is 0 Å². The highest BCUT2D eigenvalue weighted by Gasteiger charge is 2.37. The van der Waals surface area contributed by atoms with E-state index in [2.05, 4.69) is 21.3 Å². The predicted molar refractivity (Wildman–Crippen MR) is 62.3 cm³/mol. The first-order valence-electron chi connectivity index (χ1n) is 5.76. The molecule has 1 aromatic heterocycles. The van der Waals surface area contributed by atoms with Crippen LogP contribution in [0.2, 0.25) is 0 Å². The van der Waals surface area contributed by atoms with Crippen molar-refractivity contribution in [1.82, 2.24) is 4.98 Å². The Bertz CT molecular complexity index is 364. The number of fused-ring (bicyclic) bond motifs is 2. The Hall–Kier alpha value is -1.25. The van der Waals surface area contributed by atoms with Gasteiger partial charge in [0.15, 0.2) is 0 Å². The molecule has 2 fully saturated rings. The number of piperidine rings is 1. The van der Waals surface area contributed by atoms with Crippen LogP contribution in [0, 0.1) is 5.92 Å². The van der Waals surface area contributed by atoms with Crippen LogP contribution in [0.25, 0.3) is 0 Å². The maximum Gasteiger partial charge on any atom is 0.0576 e. The zero-order chi connectivity index (χ0) is 10.3. The van der Waals surface area contributed by atoms with E-state index in [1.165, 1.54) is 31.5 Å². The summed E-state index contributed by atoms with van der Waals surface area (Å²) in [6, 6.07) is 2.98. The molecule has 0 aromatic carbocycles. The van der Waals surface area contributed by atoms with Crippen LogP contribution in [0.3, 0.4) is 0 Å². The molecule has 1 aliphatic heterocycles. The molecule has 15 heavy (non-hydrogen) atoms. The Labute approximate surface area is 90.5 Å². The average Bonchev–Trinajstić information content (AvgIpc) is 2.91. The van der Waals surface area contributed by atoms with Crippen molar-refractivity contribution in [3.8, 4) is 0 Å². The van der Waals surface area contributed by atoms with Gasteiger partial charge >= 0.3 is 0 Å². The number of anilines is 2. The zero-order valence-electron chi connectivity index (χ0n) is 9.11. The number of hydrogen-bond donors (Lipinski definition) is 1. The predicted octanol–water partition coefficient (Wildman–Crippen LogP) is 2.11. The topological polar surface area (TPSA) is 28.2 Å². The van der Waals surface area contributed by atoms with Gasteiger partial charge in [-0.05, 0) is 31.2 Å². The molecule has 2 aliphatic rings. The second-order valence-corrected chi connectivity index (χ2v) is 4.67. The fraction of sp³-hybridized carbons (Fsp3) is 0.583. The van der Waals surface area contributed by atoms with E-state index < -0.39 is 0 Å². The van der Waals surface area contributed by atoms with Crippen LogP contribution in [0.1, 0.15) is 19.3 Å². The molecule has 1 saturated heterocycles. The molecule has 2 atom stereocenters. The summed E-state index contributed by atoms with van der Waals surface area (Å²) in [5.41, 5.74) is 2.39. The van der Waals surface area contributed by atoms with E-state index in [-0.39, 0.29) is 0 Å². The number of pyridine rings is 1. The number of rotatable bonds is 2. The lowest BCUT2D eigenvalue weighted by atomic mass is 10.1. The second kappa shape index (κ2) is 3.40. The molecular weight excluding hydrogens is 186 g/mol. The standard InChI is InChI=1S/C12H17N3/c1-13-10-5-12(7-14-6-10)15-8-9-2-3-11(15)4-9/h5-7,9,11,13H,2-4,8H2,1H3. The molecule has 2 heterocycles. The van der Waals surface area contributed by atoms with Crippen LogP contribution in [0.4, 0.5) is 11.4 Å². The van der Waals surface area contributed by atoms with Crippen LogP contribution in [0.5, 0.6) is 0 Å². The molecular formula is C12H17N3. The SMILES string of the molecule is CNc1cncc(N2CC3CCC2C3)c1. The fourth-order valence-corrected chi connectivity index (χ4v) is 2.96. The van der Waals surface area contributed by atoms with Gasteiger partial charge in [0.2, 0.25) is 0 Å². The summed E-state index contributed by atoms with van der Waals surface area (Å²) in [5.74, 6) is 0.938. The van der Waals surface area contributed by atoms with E-state index in [9.17, 15) is 0 Å². The molecule has 3 rings (SSSR count). The van der Waals surface area contributed by atoms with Crippen LogP contribution in [-0.2, 0) is 0 Å². The maximum atomic E-state index is 4.28. The molecule has 2 unspecified atom stereocenters. The molecule has 0 radical (unpaired) electrons. The molecule has 80 valence electrons. The minimum absolute atomic E-state index is 0.781. The van der Waals surface area contributed by atoms with Gasteiger partial charge in [-0.3, -0.25) is 4.98 Å². The Balaban J connectivity index is 1.86. The van der Waals surface area contributed by atoms with Crippen molar-refractivity contribution >= 4 is 11.4 Å². The Kier molecular flexibility index (Phi) is 2.04. The van der Waals surface area contributed by atoms with Gasteiger partial charge in [0.25, 0.3) is 0 Å². The Morgan fingerprint density at radius 2 is 2.33 bits per heavy atom. The van der Waals surface area contributed by atoms with E-state index in [4.69, 9.17) is 0 Å². The molecule has 0 amide bonds. The molecule has 3 nitrogen and oxygen atoms in total. The van der Waals surface area contributed by atoms with E-state index in [0.29, 0.717) is 0 Å². The lowest BCUT2D eigenvalue weighted by Crippen LogP contribution is -2.31. The number of hydrogen-bond acceptors (Lipinski definition) is 3. The van der Waals surface area contributed by atoms with Crippen molar-refractivity contribution in [2.75, 3.05) is 23.8 Å². The molecule has 1 N–H and O–H groups in total. The van der Waals surface area contributed by atoms with Crippen molar-refractivity contribution in [1.29, 1.82) is 0 Å². The lowest BCUT2D eigenvalue weighted by Gasteiger charge is -2.29. The van der Waals surface area contributed by atoms with E-state index in [1.54, 1.807) is 0 Å². The normalized spacial score (nSPS) is 28.5. The van der Waals surface area contributed by atoms with E-state index in [0.717, 1.165) is 17.6 Å². The number of nitrogens with one attached hydrogen (secondary N) is 1. The molecule has 1 aliphatic carbocycles. The maximum absolute atomic E-state index is 4.28. The van der Waals surface area contributed by atoms with Crippen molar-refractivity contribution in [2.45, 2.75) is 25.3 Å². The summed E-state index contributed by atoms with van der Waals surface area (Å²) in [4.78, 5) is 6.81. The third-order valence-corrected chi connectivity index (χ3v) is 3.75. The van der Waals surface area contributed by atoms with Crippen molar-refractivity contribution < 1.29 is 0 Å². The first-order chi connectivity index (χ1) is 7.36. The molecule has 3 heteroatoms. The van der Waals surface area contributed by atoms with Crippen molar-refractivity contribution in [3.05, 3.63) is 18.5 Å². The minimum atomic E-state index is 0.781. The monoisotopic (exact) mass is 203 g/mol. The fourth-order valence-electron chi connectivity index (χ4n) is 2.96. The molecule has 2 bridgehead atoms. The molecule has 1 saturated carbocycles. The highest BCUT2D eigenvalue weighted by molar-refractivity contribution is 5.56. The Morgan fingerprint density at radius 1 is 1.40 bits per heavy atom. The minimum Gasteiger partial charge on any atom is -0.387 e. The average molecular weight is 203 g/mol. The van der Waals surface area contributed by atoms with Gasteiger partial charge in [-0.25, -0.2) is 0 Å². The van der Waals surface area contributed by atoms with Crippen molar-refractivity contribution in [2.24, 2.45) is 5.92 Å². The van der Waals surface area contributed by atoms with Crippen LogP contribution in [-0.4, -0.2) is 24.6 Å². The quantitative estimate of drug-likeness (QED) is 0.798. The molecule has 1 aromatic rings. The van der Waals surface area contributed by atoms with Gasteiger partial charge in [0, 0.05) is 19.6 Å². The summed E-state index contributed by atoms with van der Waals surface area (Å²) >= 11 is 0. The number of aromatic nitrogens is 1. The van der Waals surface area contributed by atoms with Gasteiger partial charge < -0.3 is 10.2 Å². The second-order valence-electron chi connectivity index (χ2n) is 4.67. The van der Waals surface area contributed by atoms with E-state index >= 15 is 0 Å². The van der Waals surface area contributed by atoms with Gasteiger partial charge in [0.05, 0.1) is 23.8 Å². The van der Waals surface area contributed by atoms with Crippen LogP contribution < -0.4 is 10.2 Å². The summed E-state index contributed by atoms with van der Waals surface area (Å²) < 4.78 is 0. The van der Waals surface area contributed by atoms with Gasteiger partial charge in [-0.2, -0.15) is 0 Å². The first-order valence-corrected chi connectivity index (χ1v) is 5.76. The lowest BCUT2D eigenvalue weighted by molar-refractivity contribution is 0.553. The third-order valence-electron chi connectivity index (χ3n) is 3.75. The van der Waals surface area contributed by atoms with Crippen molar-refractivity contribution in [3.63, 3.8) is 0 Å². The highest BCUT2D eigenvalue weighted by Crippen LogP contribution is 2.40.